The van der Waals surface area contributed by atoms with E-state index in [1.165, 1.54) is 19.2 Å². The van der Waals surface area contributed by atoms with E-state index in [1.807, 2.05) is 26.0 Å². The van der Waals surface area contributed by atoms with Crippen LogP contribution < -0.4 is 15.5 Å². The van der Waals surface area contributed by atoms with Crippen LogP contribution in [0, 0.1) is 5.82 Å². The number of aliphatic carboxylic acids is 1. The van der Waals surface area contributed by atoms with Crippen LogP contribution in [0.3, 0.4) is 0 Å². The Labute approximate surface area is 203 Å². The van der Waals surface area contributed by atoms with Gasteiger partial charge in [-0.2, -0.15) is 0 Å². The van der Waals surface area contributed by atoms with E-state index in [0.717, 1.165) is 11.8 Å². The van der Waals surface area contributed by atoms with E-state index in [-0.39, 0.29) is 29.3 Å². The number of hydrogen-bond acceptors (Lipinski definition) is 5. The summed E-state index contributed by atoms with van der Waals surface area (Å²) in [5, 5.41) is 14.8. The van der Waals surface area contributed by atoms with Crippen LogP contribution in [0.15, 0.2) is 36.4 Å². The van der Waals surface area contributed by atoms with Crippen molar-refractivity contribution < 1.29 is 28.6 Å². The highest BCUT2D eigenvalue weighted by atomic mass is 35.5. The molecule has 0 aromatic heterocycles. The van der Waals surface area contributed by atoms with E-state index < -0.39 is 23.7 Å². The van der Waals surface area contributed by atoms with Crippen molar-refractivity contribution in [1.82, 2.24) is 0 Å². The molecule has 1 unspecified atom stereocenters. The third-order valence-electron chi connectivity index (χ3n) is 5.47. The molecule has 184 valence electrons. The van der Waals surface area contributed by atoms with Gasteiger partial charge in [0.05, 0.1) is 42.3 Å². The number of carboxylic acids is 1. The van der Waals surface area contributed by atoms with Crippen LogP contribution in [0.2, 0.25) is 5.02 Å². The van der Waals surface area contributed by atoms with Crippen molar-refractivity contribution in [3.63, 3.8) is 0 Å². The first-order valence-electron chi connectivity index (χ1n) is 10.8. The first-order valence-corrected chi connectivity index (χ1v) is 11.2. The minimum absolute atomic E-state index is 0.0183. The van der Waals surface area contributed by atoms with Crippen molar-refractivity contribution in [2.24, 2.45) is 0 Å². The molecule has 1 aliphatic heterocycles. The van der Waals surface area contributed by atoms with E-state index in [0.29, 0.717) is 30.9 Å². The van der Waals surface area contributed by atoms with E-state index in [4.69, 9.17) is 21.1 Å². The van der Waals surface area contributed by atoms with Gasteiger partial charge in [0.25, 0.3) is 0 Å². The Morgan fingerprint density at radius 3 is 2.62 bits per heavy atom. The van der Waals surface area contributed by atoms with Crippen molar-refractivity contribution in [1.29, 1.82) is 0 Å². The molecule has 0 spiro atoms. The SMILES string of the molecule is COCC(CC(=O)O)c1ccc(N2CCOC(C)(C)C2)c(NC(=O)Nc2ccc(Cl)cc2F)c1. The summed E-state index contributed by atoms with van der Waals surface area (Å²) >= 11 is 5.79. The third kappa shape index (κ3) is 6.82. The molecule has 0 bridgehead atoms. The van der Waals surface area contributed by atoms with Crippen LogP contribution in [0.25, 0.3) is 0 Å². The summed E-state index contributed by atoms with van der Waals surface area (Å²) in [5.41, 5.74) is 1.51. The van der Waals surface area contributed by atoms with Crippen LogP contribution in [0.1, 0.15) is 31.7 Å². The lowest BCUT2D eigenvalue weighted by molar-refractivity contribution is -0.137. The van der Waals surface area contributed by atoms with Crippen LogP contribution in [0.4, 0.5) is 26.2 Å². The number of nitrogens with zero attached hydrogens (tertiary/aromatic N) is 1. The van der Waals surface area contributed by atoms with Crippen molar-refractivity contribution >= 4 is 40.7 Å². The molecule has 2 aromatic rings. The molecule has 0 radical (unpaired) electrons. The van der Waals surface area contributed by atoms with E-state index in [2.05, 4.69) is 15.5 Å². The zero-order chi connectivity index (χ0) is 24.9. The Morgan fingerprint density at radius 2 is 1.97 bits per heavy atom. The fourth-order valence-electron chi connectivity index (χ4n) is 3.96. The maximum Gasteiger partial charge on any atom is 0.323 e. The summed E-state index contributed by atoms with van der Waals surface area (Å²) in [6, 6.07) is 8.74. The number of benzene rings is 2. The zero-order valence-electron chi connectivity index (χ0n) is 19.4. The quantitative estimate of drug-likeness (QED) is 0.481. The number of carbonyl (C=O) groups excluding carboxylic acids is 1. The third-order valence-corrected chi connectivity index (χ3v) is 5.71. The van der Waals surface area contributed by atoms with Crippen LogP contribution in [-0.4, -0.2) is 56.1 Å². The standard InChI is InChI=1S/C24H29ClFN3O5/c1-24(2)14-29(8-9-34-24)21-7-4-15(16(13-33-3)11-22(30)31)10-20(21)28-23(32)27-19-6-5-17(25)12-18(19)26/h4-7,10,12,16H,8-9,11,13-14H2,1-3H3,(H,30,31)(H2,27,28,32). The van der Waals surface area contributed by atoms with Crippen LogP contribution >= 0.6 is 11.6 Å². The maximum absolute atomic E-state index is 14.2. The van der Waals surface area contributed by atoms with Gasteiger partial charge in [0.15, 0.2) is 0 Å². The highest BCUT2D eigenvalue weighted by molar-refractivity contribution is 6.30. The van der Waals surface area contributed by atoms with Gasteiger partial charge < -0.3 is 30.1 Å². The summed E-state index contributed by atoms with van der Waals surface area (Å²) in [6.07, 6.45) is -0.126. The second-order valence-corrected chi connectivity index (χ2v) is 9.20. The lowest BCUT2D eigenvalue weighted by atomic mass is 9.95. The molecule has 0 saturated carbocycles. The molecule has 3 rings (SSSR count). The highest BCUT2D eigenvalue weighted by Crippen LogP contribution is 2.34. The van der Waals surface area contributed by atoms with Gasteiger partial charge in [-0.05, 0) is 49.7 Å². The number of methoxy groups -OCH3 is 1. The molecule has 1 atom stereocenters. The number of ether oxygens (including phenoxy) is 2. The molecule has 1 fully saturated rings. The number of nitrogens with one attached hydrogen (secondary N) is 2. The maximum atomic E-state index is 14.2. The molecule has 1 aliphatic rings. The summed E-state index contributed by atoms with van der Waals surface area (Å²) in [6.45, 7) is 5.89. The number of carbonyl (C=O) groups is 2. The monoisotopic (exact) mass is 493 g/mol. The Kier molecular flexibility index (Phi) is 8.35. The van der Waals surface area contributed by atoms with Gasteiger partial charge in [-0.25, -0.2) is 9.18 Å². The van der Waals surface area contributed by atoms with Gasteiger partial charge in [-0.15, -0.1) is 0 Å². The van der Waals surface area contributed by atoms with Gasteiger partial charge in [-0.3, -0.25) is 4.79 Å². The van der Waals surface area contributed by atoms with E-state index in [9.17, 15) is 19.1 Å². The average molecular weight is 494 g/mol. The first kappa shape index (κ1) is 25.7. The molecule has 0 aliphatic carbocycles. The Balaban J connectivity index is 1.92. The van der Waals surface area contributed by atoms with Crippen LogP contribution in [-0.2, 0) is 14.3 Å². The number of amides is 2. The molecule has 34 heavy (non-hydrogen) atoms. The number of rotatable bonds is 8. The zero-order valence-corrected chi connectivity index (χ0v) is 20.1. The molecule has 10 heteroatoms. The predicted molar refractivity (Wildman–Crippen MR) is 130 cm³/mol. The van der Waals surface area contributed by atoms with Gasteiger partial charge in [0.2, 0.25) is 0 Å². The minimum Gasteiger partial charge on any atom is -0.481 e. The summed E-state index contributed by atoms with van der Waals surface area (Å²) in [7, 11) is 1.51. The van der Waals surface area contributed by atoms with Gasteiger partial charge >= 0.3 is 12.0 Å². The second kappa shape index (κ2) is 11.0. The molecular weight excluding hydrogens is 465 g/mol. The Morgan fingerprint density at radius 1 is 1.24 bits per heavy atom. The summed E-state index contributed by atoms with van der Waals surface area (Å²) in [4.78, 5) is 26.2. The fraction of sp³-hybridized carbons (Fsp3) is 0.417. The minimum atomic E-state index is -0.952. The number of hydrogen-bond donors (Lipinski definition) is 3. The molecule has 8 nitrogen and oxygen atoms in total. The molecule has 1 saturated heterocycles. The Bertz CT molecular complexity index is 1050. The normalized spacial score (nSPS) is 16.1. The average Bonchev–Trinajstić information content (AvgIpc) is 2.74. The smallest absolute Gasteiger partial charge is 0.323 e. The summed E-state index contributed by atoms with van der Waals surface area (Å²) in [5.74, 6) is -2.02. The van der Waals surface area contributed by atoms with Crippen molar-refractivity contribution in [3.8, 4) is 0 Å². The van der Waals surface area contributed by atoms with E-state index in [1.54, 1.807) is 6.07 Å². The number of urea groups is 1. The summed E-state index contributed by atoms with van der Waals surface area (Å²) < 4.78 is 25.2. The van der Waals surface area contributed by atoms with Crippen LogP contribution in [0.5, 0.6) is 0 Å². The Hall–Kier alpha value is -2.88. The molecule has 2 amide bonds. The lowest BCUT2D eigenvalue weighted by Gasteiger charge is -2.40. The van der Waals surface area contributed by atoms with Crippen molar-refractivity contribution in [2.45, 2.75) is 31.8 Å². The molecule has 2 aromatic carbocycles. The van der Waals surface area contributed by atoms with Crippen molar-refractivity contribution in [3.05, 3.63) is 52.8 Å². The second-order valence-electron chi connectivity index (χ2n) is 8.76. The molecular formula is C24H29ClFN3O5. The first-order chi connectivity index (χ1) is 16.1. The molecule has 1 heterocycles. The van der Waals surface area contributed by atoms with Gasteiger partial charge in [0, 0.05) is 31.1 Å². The largest absolute Gasteiger partial charge is 0.481 e. The number of anilines is 3. The predicted octanol–water partition coefficient (Wildman–Crippen LogP) is 4.94. The lowest BCUT2D eigenvalue weighted by Crippen LogP contribution is -2.48. The van der Waals surface area contributed by atoms with Gasteiger partial charge in [0.1, 0.15) is 5.82 Å². The number of morpholine rings is 1. The van der Waals surface area contributed by atoms with Crippen molar-refractivity contribution in [2.75, 3.05) is 48.9 Å². The highest BCUT2D eigenvalue weighted by Gasteiger charge is 2.29. The molecule has 3 N–H and O–H groups in total. The number of halogens is 2. The topological polar surface area (TPSA) is 100 Å². The van der Waals surface area contributed by atoms with E-state index >= 15 is 0 Å². The fourth-order valence-corrected chi connectivity index (χ4v) is 4.12. The number of carboxylic acid groups (broad SMARTS) is 1. The van der Waals surface area contributed by atoms with Gasteiger partial charge in [-0.1, -0.05) is 17.7 Å².